The second-order valence-corrected chi connectivity index (χ2v) is 8.91. The normalized spacial score (nSPS) is 12.4. The van der Waals surface area contributed by atoms with Crippen LogP contribution in [0.3, 0.4) is 0 Å². The van der Waals surface area contributed by atoms with E-state index in [0.29, 0.717) is 6.42 Å². The van der Waals surface area contributed by atoms with E-state index in [0.717, 1.165) is 25.7 Å². The van der Waals surface area contributed by atoms with E-state index < -0.39 is 33.7 Å². The number of hydrogen-bond donors (Lipinski definition) is 1. The van der Waals surface area contributed by atoms with Crippen molar-refractivity contribution in [3.63, 3.8) is 0 Å². The van der Waals surface area contributed by atoms with Crippen LogP contribution in [0, 0.1) is 0 Å². The van der Waals surface area contributed by atoms with Crippen molar-refractivity contribution in [3.05, 3.63) is 0 Å². The molecule has 0 fully saturated rings. The number of esters is 1. The van der Waals surface area contributed by atoms with Crippen LogP contribution in [-0.2, 0) is 24.4 Å². The van der Waals surface area contributed by atoms with E-state index in [-0.39, 0.29) is 78.2 Å². The topological polar surface area (TPSA) is 156 Å². The molecular weight excluding hydrogens is 460 g/mol. The number of unbranched alkanes of at least 4 members (excludes halogenated alkanes) is 10. The molecule has 0 bridgehead atoms. The van der Waals surface area contributed by atoms with Crippen LogP contribution in [0.2, 0.25) is 0 Å². The van der Waals surface area contributed by atoms with Crippen LogP contribution in [0.4, 0.5) is 0 Å². The summed E-state index contributed by atoms with van der Waals surface area (Å²) in [7, 11) is -4.93. The maximum Gasteiger partial charge on any atom is 1.00 e. The molecule has 0 amide bonds. The number of nitrogens with zero attached hydrogens (tertiary/aromatic N) is 1. The van der Waals surface area contributed by atoms with Crippen molar-refractivity contribution in [2.45, 2.75) is 95.6 Å². The summed E-state index contributed by atoms with van der Waals surface area (Å²) in [5.41, 5.74) is 0. The zero-order valence-corrected chi connectivity index (χ0v) is 24.7. The average molecular weight is 496 g/mol. The fourth-order valence-corrected chi connectivity index (χ4v) is 3.55. The molecule has 1 N–H and O–H groups in total. The number of aliphatic carboxylic acids is 1. The summed E-state index contributed by atoms with van der Waals surface area (Å²) in [6.45, 7) is 1.66. The predicted octanol–water partition coefficient (Wildman–Crippen LogP) is -4.61. The van der Waals surface area contributed by atoms with Crippen LogP contribution in [0.15, 0.2) is 4.99 Å². The number of aliphatic imine (C=N–C) groups is 1. The van der Waals surface area contributed by atoms with Gasteiger partial charge in [0.2, 0.25) is 0 Å². The number of carboxylic acid groups (broad SMARTS) is 1. The van der Waals surface area contributed by atoms with Crippen molar-refractivity contribution < 1.29 is 96.6 Å². The predicted molar refractivity (Wildman–Crippen MR) is 109 cm³/mol. The van der Waals surface area contributed by atoms with Gasteiger partial charge in [0.25, 0.3) is 10.1 Å². The third kappa shape index (κ3) is 22.1. The van der Waals surface area contributed by atoms with Gasteiger partial charge < -0.3 is 24.7 Å². The van der Waals surface area contributed by atoms with Crippen molar-refractivity contribution in [2.24, 2.45) is 4.99 Å². The Kier molecular flexibility index (Phi) is 26.6. The first-order valence-electron chi connectivity index (χ1n) is 10.7. The molecule has 0 spiro atoms. The van der Waals surface area contributed by atoms with Gasteiger partial charge in [-0.05, 0) is 18.7 Å². The van der Waals surface area contributed by atoms with Crippen molar-refractivity contribution in [1.29, 1.82) is 0 Å². The summed E-state index contributed by atoms with van der Waals surface area (Å²) >= 11 is 0. The van der Waals surface area contributed by atoms with Gasteiger partial charge in [-0.2, -0.15) is 8.42 Å². The molecule has 32 heavy (non-hydrogen) atoms. The van der Waals surface area contributed by atoms with E-state index in [1.54, 1.807) is 0 Å². The van der Waals surface area contributed by atoms with Gasteiger partial charge >= 0.3 is 65.1 Å². The zero-order valence-electron chi connectivity index (χ0n) is 19.8. The van der Waals surface area contributed by atoms with Crippen LogP contribution < -0.4 is 69.3 Å². The molecular formula is C20H35NNa2O8S. The first kappa shape index (κ1) is 36.9. The summed E-state index contributed by atoms with van der Waals surface area (Å²) in [4.78, 5) is 25.7. The maximum atomic E-state index is 11.7. The Morgan fingerprint density at radius 2 is 1.38 bits per heavy atom. The van der Waals surface area contributed by atoms with E-state index in [2.05, 4.69) is 16.7 Å². The van der Waals surface area contributed by atoms with Gasteiger partial charge in [-0.3, -0.25) is 9.35 Å². The van der Waals surface area contributed by atoms with Crippen molar-refractivity contribution >= 4 is 28.0 Å². The van der Waals surface area contributed by atoms with Crippen LogP contribution in [0.1, 0.15) is 90.4 Å². The molecule has 0 rings (SSSR count). The zero-order chi connectivity index (χ0) is 22.8. The van der Waals surface area contributed by atoms with Gasteiger partial charge in [-0.15, -0.1) is 0 Å². The molecule has 0 radical (unpaired) electrons. The number of carbonyl (C=O) groups excluding carboxylic acids is 2. The minimum absolute atomic E-state index is 0. The average Bonchev–Trinajstić information content (AvgIpc) is 2.66. The molecule has 1 atom stereocenters. The quantitative estimate of drug-likeness (QED) is 0.0469. The molecule has 0 aromatic rings. The molecule has 0 aromatic carbocycles. The Labute approximate surface area is 236 Å². The van der Waals surface area contributed by atoms with E-state index in [4.69, 9.17) is 4.55 Å². The molecule has 9 nitrogen and oxygen atoms in total. The second kappa shape index (κ2) is 23.1. The number of carbonyl (C=O) groups is 2. The Balaban J connectivity index is -0.00000420. The van der Waals surface area contributed by atoms with Gasteiger partial charge in [0.1, 0.15) is 6.61 Å². The fraction of sp³-hybridized carbons (Fsp3) is 0.850. The summed E-state index contributed by atoms with van der Waals surface area (Å²) in [5.74, 6) is -3.57. The van der Waals surface area contributed by atoms with Gasteiger partial charge in [0.15, 0.2) is 5.25 Å². The van der Waals surface area contributed by atoms with E-state index >= 15 is 0 Å². The molecule has 12 heteroatoms. The van der Waals surface area contributed by atoms with Gasteiger partial charge in [0, 0.05) is 12.4 Å². The Morgan fingerprint density at radius 1 is 0.906 bits per heavy atom. The maximum absolute atomic E-state index is 11.7. The van der Waals surface area contributed by atoms with Crippen LogP contribution in [0.25, 0.3) is 0 Å². The SMILES string of the molecule is CCCCCCCCCCCCCC([O-])=NCCOC(=O)C(CC(=O)[O-])S(=O)(=O)O.[Na+].[Na+]. The third-order valence-corrected chi connectivity index (χ3v) is 5.67. The number of ether oxygens (including phenoxy) is 1. The standard InChI is InChI=1S/C20H37NO8S.2Na/c1-2-3-4-5-6-7-8-9-10-11-12-13-18(22)21-14-15-29-20(25)17(16-19(23)24)30(26,27)28;;/h17H,2-16H2,1H3,(H,21,22)(H,23,24)(H,26,27,28);;/q;2*+1/p-2. The number of hydrogen-bond acceptors (Lipinski definition) is 8. The Hall–Kier alpha value is 0.320. The first-order chi connectivity index (χ1) is 14.2. The van der Waals surface area contributed by atoms with Crippen molar-refractivity contribution in [2.75, 3.05) is 13.2 Å². The van der Waals surface area contributed by atoms with Crippen LogP contribution in [0.5, 0.6) is 0 Å². The fourth-order valence-electron chi connectivity index (χ4n) is 2.89. The second-order valence-electron chi connectivity index (χ2n) is 7.31. The minimum atomic E-state index is -4.93. The van der Waals surface area contributed by atoms with Crippen LogP contribution in [-0.4, -0.2) is 49.2 Å². The molecule has 0 aromatic heterocycles. The molecule has 0 saturated carbocycles. The Morgan fingerprint density at radius 3 is 1.81 bits per heavy atom. The van der Waals surface area contributed by atoms with E-state index in [9.17, 15) is 28.2 Å². The molecule has 176 valence electrons. The summed E-state index contributed by atoms with van der Waals surface area (Å²) < 4.78 is 35.5. The number of carboxylic acids is 1. The Bertz CT molecular complexity index is 629. The molecule has 0 aliphatic rings. The number of rotatable bonds is 19. The molecule has 0 saturated heterocycles. The van der Waals surface area contributed by atoms with E-state index in [1.807, 2.05) is 0 Å². The molecule has 1 unspecified atom stereocenters. The van der Waals surface area contributed by atoms with Crippen LogP contribution >= 0.6 is 0 Å². The smallest absolute Gasteiger partial charge is 0.862 e. The third-order valence-electron chi connectivity index (χ3n) is 4.59. The van der Waals surface area contributed by atoms with Gasteiger partial charge in [0.05, 0.1) is 6.54 Å². The monoisotopic (exact) mass is 495 g/mol. The molecule has 0 aliphatic carbocycles. The summed E-state index contributed by atoms with van der Waals surface area (Å²) in [6, 6.07) is 0. The summed E-state index contributed by atoms with van der Waals surface area (Å²) in [5, 5.41) is 19.9. The van der Waals surface area contributed by atoms with Gasteiger partial charge in [-0.25, -0.2) is 0 Å². The largest absolute Gasteiger partial charge is 1.00 e. The summed E-state index contributed by atoms with van der Waals surface area (Å²) in [6.07, 6.45) is 12.0. The van der Waals surface area contributed by atoms with Crippen molar-refractivity contribution in [1.82, 2.24) is 0 Å². The van der Waals surface area contributed by atoms with Gasteiger partial charge in [-0.1, -0.05) is 71.1 Å². The van der Waals surface area contributed by atoms with E-state index in [1.165, 1.54) is 44.9 Å². The van der Waals surface area contributed by atoms with Crippen molar-refractivity contribution in [3.8, 4) is 0 Å². The first-order valence-corrected chi connectivity index (χ1v) is 12.2. The molecule has 0 heterocycles. The minimum Gasteiger partial charge on any atom is -0.862 e. The molecule has 0 aliphatic heterocycles.